The van der Waals surface area contributed by atoms with Gasteiger partial charge in [-0.05, 0) is 39.0 Å². The first-order chi connectivity index (χ1) is 19.1. The summed E-state index contributed by atoms with van der Waals surface area (Å²) in [5.74, 6) is -1.99. The van der Waals surface area contributed by atoms with E-state index >= 15 is 0 Å². The van der Waals surface area contributed by atoms with Gasteiger partial charge in [-0.3, -0.25) is 19.4 Å². The smallest absolute Gasteiger partial charge is 0.328 e. The minimum absolute atomic E-state index is 0.0251. The van der Waals surface area contributed by atoms with Crippen LogP contribution in [0.4, 0.5) is 0 Å². The van der Waals surface area contributed by atoms with E-state index in [2.05, 4.69) is 17.2 Å². The van der Waals surface area contributed by atoms with E-state index in [1.807, 2.05) is 0 Å². The summed E-state index contributed by atoms with van der Waals surface area (Å²) >= 11 is 0. The molecule has 0 aliphatic rings. The summed E-state index contributed by atoms with van der Waals surface area (Å²) < 4.78 is 5.04. The predicted octanol–water partition coefficient (Wildman–Crippen LogP) is 4.90. The number of carbonyl (C=O) groups is 4. The molecule has 11 nitrogen and oxygen atoms in total. The Labute approximate surface area is 240 Å². The van der Waals surface area contributed by atoms with E-state index in [1.165, 1.54) is 44.9 Å². The van der Waals surface area contributed by atoms with Crippen LogP contribution in [0.15, 0.2) is 4.99 Å². The number of ether oxygens (including phenoxy) is 1. The molecule has 1 amide bonds. The Morgan fingerprint density at radius 3 is 1.57 bits per heavy atom. The largest absolute Gasteiger partial charge is 0.481 e. The zero-order valence-electron chi connectivity index (χ0n) is 25.0. The number of carbonyl (C=O) groups excluding carboxylic acids is 2. The number of guanidine groups is 1. The number of nitrogens with two attached hydrogens (primary N) is 2. The number of hydrogen-bond acceptors (Lipinski definition) is 6. The summed E-state index contributed by atoms with van der Waals surface area (Å²) in [6, 6.07) is -0.634. The van der Waals surface area contributed by atoms with Gasteiger partial charge in [-0.2, -0.15) is 0 Å². The quantitative estimate of drug-likeness (QED) is 0.0438. The molecule has 11 heteroatoms. The zero-order chi connectivity index (χ0) is 30.4. The van der Waals surface area contributed by atoms with Gasteiger partial charge in [0.05, 0.1) is 6.61 Å². The number of esters is 1. The van der Waals surface area contributed by atoms with Crippen LogP contribution in [-0.4, -0.2) is 59.2 Å². The van der Waals surface area contributed by atoms with Crippen molar-refractivity contribution in [3.63, 3.8) is 0 Å². The predicted molar refractivity (Wildman–Crippen MR) is 158 cm³/mol. The summed E-state index contributed by atoms with van der Waals surface area (Å²) in [6.45, 7) is 4.68. The summed E-state index contributed by atoms with van der Waals surface area (Å²) in [5, 5.41) is 19.4. The summed E-state index contributed by atoms with van der Waals surface area (Å²) in [7, 11) is 0. The fourth-order valence-corrected chi connectivity index (χ4v) is 3.94. The molecule has 7 N–H and O–H groups in total. The Hall–Kier alpha value is -2.85. The van der Waals surface area contributed by atoms with E-state index in [0.29, 0.717) is 38.6 Å². The van der Waals surface area contributed by atoms with E-state index in [1.54, 1.807) is 6.92 Å². The molecule has 0 aliphatic heterocycles. The molecule has 0 unspecified atom stereocenters. The molecule has 234 valence electrons. The lowest BCUT2D eigenvalue weighted by Gasteiger charge is -2.17. The van der Waals surface area contributed by atoms with Gasteiger partial charge >= 0.3 is 17.9 Å². The second-order valence-corrected chi connectivity index (χ2v) is 9.95. The van der Waals surface area contributed by atoms with Gasteiger partial charge in [0.25, 0.3) is 0 Å². The Morgan fingerprint density at radius 2 is 1.15 bits per heavy atom. The third-order valence-corrected chi connectivity index (χ3v) is 6.14. The van der Waals surface area contributed by atoms with Crippen LogP contribution in [0, 0.1) is 0 Å². The molecule has 0 heterocycles. The first kappa shape index (κ1) is 39.3. The van der Waals surface area contributed by atoms with Crippen molar-refractivity contribution in [2.75, 3.05) is 13.2 Å². The Kier molecular flexibility index (Phi) is 28.6. The molecule has 0 fully saturated rings. The van der Waals surface area contributed by atoms with Gasteiger partial charge in [-0.25, -0.2) is 4.79 Å². The van der Waals surface area contributed by atoms with E-state index < -0.39 is 23.9 Å². The van der Waals surface area contributed by atoms with E-state index in [4.69, 9.17) is 26.4 Å². The van der Waals surface area contributed by atoms with Crippen molar-refractivity contribution in [3.8, 4) is 0 Å². The van der Waals surface area contributed by atoms with Crippen LogP contribution in [0.5, 0.6) is 0 Å². The third kappa shape index (κ3) is 31.4. The highest BCUT2D eigenvalue weighted by Crippen LogP contribution is 2.11. The van der Waals surface area contributed by atoms with Crippen LogP contribution in [0.3, 0.4) is 0 Å². The van der Waals surface area contributed by atoms with Crippen molar-refractivity contribution >= 4 is 29.8 Å². The minimum atomic E-state index is -0.759. The molecule has 0 saturated carbocycles. The van der Waals surface area contributed by atoms with Crippen molar-refractivity contribution in [3.05, 3.63) is 0 Å². The summed E-state index contributed by atoms with van der Waals surface area (Å²) in [5.41, 5.74) is 10.6. The zero-order valence-corrected chi connectivity index (χ0v) is 25.0. The number of carboxylic acids is 2. The van der Waals surface area contributed by atoms with Crippen molar-refractivity contribution in [1.82, 2.24) is 5.32 Å². The number of nitrogens with zero attached hydrogens (tertiary/aromatic N) is 1. The molecule has 0 radical (unpaired) electrons. The highest BCUT2D eigenvalue weighted by Gasteiger charge is 2.21. The topological polar surface area (TPSA) is 194 Å². The molecule has 0 saturated heterocycles. The fraction of sp³-hybridized carbons (Fsp3) is 0.828. The van der Waals surface area contributed by atoms with Crippen LogP contribution >= 0.6 is 0 Å². The third-order valence-electron chi connectivity index (χ3n) is 6.14. The van der Waals surface area contributed by atoms with Gasteiger partial charge in [0.15, 0.2) is 5.96 Å². The Morgan fingerprint density at radius 1 is 0.700 bits per heavy atom. The van der Waals surface area contributed by atoms with E-state index in [9.17, 15) is 19.2 Å². The first-order valence-corrected chi connectivity index (χ1v) is 15.1. The number of carboxylic acid groups (broad SMARTS) is 2. The number of aliphatic carboxylic acids is 2. The SMILES string of the molecule is CCCCCCCCCCCC(=O)N[C@@H](CCCN=C(N)N)C(=O)OCC.O=C(O)CCCCCCCC(=O)O. The van der Waals surface area contributed by atoms with Crippen molar-refractivity contribution in [2.45, 2.75) is 142 Å². The van der Waals surface area contributed by atoms with Crippen LogP contribution in [0.1, 0.15) is 136 Å². The Bertz CT molecular complexity index is 680. The highest BCUT2D eigenvalue weighted by atomic mass is 16.5. The standard InChI is InChI=1S/C20H40N4O3.C9H16O4/c1-3-5-6-7-8-9-10-11-12-15-18(25)24-17(19(26)27-4-2)14-13-16-23-20(21)22;10-8(11)6-4-2-1-3-5-7-9(12)13/h17H,3-16H2,1-2H3,(H,24,25)(H4,21,22,23);1-7H2,(H,10,11)(H,12,13)/t17-;/m0./s1. The molecular formula is C29H56N4O7. The van der Waals surface area contributed by atoms with Crippen molar-refractivity contribution in [1.29, 1.82) is 0 Å². The molecule has 1 atom stereocenters. The molecule has 0 aliphatic carbocycles. The normalized spacial score (nSPS) is 11.1. The molecular weight excluding hydrogens is 516 g/mol. The Balaban J connectivity index is 0. The molecule has 0 aromatic carbocycles. The van der Waals surface area contributed by atoms with Gasteiger partial charge in [0, 0.05) is 25.8 Å². The lowest BCUT2D eigenvalue weighted by molar-refractivity contribution is -0.147. The number of amides is 1. The minimum Gasteiger partial charge on any atom is -0.481 e. The second kappa shape index (κ2) is 29.1. The maximum atomic E-state index is 12.1. The van der Waals surface area contributed by atoms with E-state index in [0.717, 1.165) is 32.1 Å². The van der Waals surface area contributed by atoms with Gasteiger partial charge in [-0.1, -0.05) is 77.6 Å². The van der Waals surface area contributed by atoms with Crippen molar-refractivity contribution < 1.29 is 34.1 Å². The molecule has 0 spiro atoms. The van der Waals surface area contributed by atoms with Crippen molar-refractivity contribution in [2.24, 2.45) is 16.5 Å². The number of nitrogens with one attached hydrogen (secondary N) is 1. The van der Waals surface area contributed by atoms with Crippen LogP contribution in [-0.2, 0) is 23.9 Å². The lowest BCUT2D eigenvalue weighted by atomic mass is 10.1. The van der Waals surface area contributed by atoms with Gasteiger partial charge in [0.2, 0.25) is 5.91 Å². The van der Waals surface area contributed by atoms with Gasteiger partial charge in [-0.15, -0.1) is 0 Å². The molecule has 0 rings (SSSR count). The summed E-state index contributed by atoms with van der Waals surface area (Å²) in [6.07, 6.45) is 16.9. The second-order valence-electron chi connectivity index (χ2n) is 9.95. The maximum absolute atomic E-state index is 12.1. The number of unbranched alkanes of at least 4 members (excludes halogenated alkanes) is 12. The average Bonchev–Trinajstić information content (AvgIpc) is 2.89. The van der Waals surface area contributed by atoms with Crippen LogP contribution in [0.25, 0.3) is 0 Å². The number of aliphatic imine (C=N–C) groups is 1. The van der Waals surface area contributed by atoms with Crippen LogP contribution in [0.2, 0.25) is 0 Å². The van der Waals surface area contributed by atoms with Gasteiger partial charge < -0.3 is 31.7 Å². The number of rotatable bonds is 25. The number of hydrogen-bond donors (Lipinski definition) is 5. The molecule has 0 aromatic heterocycles. The highest BCUT2D eigenvalue weighted by molar-refractivity contribution is 5.84. The lowest BCUT2D eigenvalue weighted by Crippen LogP contribution is -2.42. The summed E-state index contributed by atoms with van der Waals surface area (Å²) in [4.78, 5) is 48.2. The monoisotopic (exact) mass is 572 g/mol. The fourth-order valence-electron chi connectivity index (χ4n) is 3.94. The van der Waals surface area contributed by atoms with Gasteiger partial charge in [0.1, 0.15) is 6.04 Å². The van der Waals surface area contributed by atoms with E-state index in [-0.39, 0.29) is 31.3 Å². The first-order valence-electron chi connectivity index (χ1n) is 15.1. The average molecular weight is 573 g/mol. The molecule has 0 aromatic rings. The van der Waals surface area contributed by atoms with Crippen LogP contribution < -0.4 is 16.8 Å². The molecule has 0 bridgehead atoms. The molecule has 40 heavy (non-hydrogen) atoms. The maximum Gasteiger partial charge on any atom is 0.328 e.